The van der Waals surface area contributed by atoms with Crippen LogP contribution in [0, 0.1) is 12.7 Å². The van der Waals surface area contributed by atoms with Crippen molar-refractivity contribution in [2.24, 2.45) is 0 Å². The van der Waals surface area contributed by atoms with E-state index >= 15 is 0 Å². The van der Waals surface area contributed by atoms with Crippen molar-refractivity contribution in [2.75, 3.05) is 13.1 Å². The van der Waals surface area contributed by atoms with Crippen LogP contribution in [0.2, 0.25) is 0 Å². The number of nitrogens with zero attached hydrogens (tertiary/aromatic N) is 2. The van der Waals surface area contributed by atoms with Crippen LogP contribution in [0.3, 0.4) is 0 Å². The highest BCUT2D eigenvalue weighted by Crippen LogP contribution is 2.33. The van der Waals surface area contributed by atoms with Gasteiger partial charge in [-0.15, -0.1) is 0 Å². The number of hydrogen-bond acceptors (Lipinski definition) is 4. The summed E-state index contributed by atoms with van der Waals surface area (Å²) in [6.07, 6.45) is 5.48. The van der Waals surface area contributed by atoms with Crippen molar-refractivity contribution in [2.45, 2.75) is 71.8 Å². The third kappa shape index (κ3) is 5.92. The van der Waals surface area contributed by atoms with Crippen LogP contribution in [0.25, 0.3) is 16.7 Å². The molecular formula is C29H35FN2O3. The predicted molar refractivity (Wildman–Crippen MR) is 137 cm³/mol. The van der Waals surface area contributed by atoms with E-state index in [9.17, 15) is 9.18 Å². The SMILES string of the molecule is CCC/C=C(/c1ccc2nc(C3CCN(C(=O)OC(C)(C)C)CC3)oc2c1)c1ccc(F)cc1C. The minimum absolute atomic E-state index is 0.166. The molecule has 186 valence electrons. The summed E-state index contributed by atoms with van der Waals surface area (Å²) in [6, 6.07) is 11.0. The lowest BCUT2D eigenvalue weighted by Gasteiger charge is -2.32. The molecule has 4 rings (SSSR count). The molecule has 1 fully saturated rings. The van der Waals surface area contributed by atoms with Crippen LogP contribution < -0.4 is 0 Å². The third-order valence-electron chi connectivity index (χ3n) is 6.33. The minimum atomic E-state index is -0.497. The van der Waals surface area contributed by atoms with E-state index < -0.39 is 5.60 Å². The van der Waals surface area contributed by atoms with Crippen molar-refractivity contribution in [1.29, 1.82) is 0 Å². The number of aryl methyl sites for hydroxylation is 1. The quantitative estimate of drug-likeness (QED) is 0.378. The molecule has 0 radical (unpaired) electrons. The van der Waals surface area contributed by atoms with Gasteiger partial charge >= 0.3 is 6.09 Å². The van der Waals surface area contributed by atoms with Gasteiger partial charge in [-0.1, -0.05) is 31.6 Å². The number of aromatic nitrogens is 1. The van der Waals surface area contributed by atoms with Gasteiger partial charge in [-0.05, 0) is 93.5 Å². The smallest absolute Gasteiger partial charge is 0.410 e. The number of carbonyl (C=O) groups excluding carboxylic acids is 1. The number of hydrogen-bond donors (Lipinski definition) is 0. The van der Waals surface area contributed by atoms with Crippen LogP contribution in [0.5, 0.6) is 0 Å². The Kier molecular flexibility index (Phi) is 7.29. The van der Waals surface area contributed by atoms with Crippen LogP contribution in [-0.2, 0) is 4.74 Å². The average Bonchev–Trinajstić information content (AvgIpc) is 3.23. The van der Waals surface area contributed by atoms with Gasteiger partial charge in [0.1, 0.15) is 16.9 Å². The maximum Gasteiger partial charge on any atom is 0.410 e. The Balaban J connectivity index is 1.55. The molecule has 0 spiro atoms. The largest absolute Gasteiger partial charge is 0.444 e. The standard InChI is InChI=1S/C29H35FN2O3/c1-6-7-8-24(23-11-10-22(30)17-19(23)2)21-9-12-25-26(18-21)34-27(31-25)20-13-15-32(16-14-20)28(33)35-29(3,4)5/h8-12,17-18,20H,6-7,13-16H2,1-5H3/b24-8-. The average molecular weight is 479 g/mol. The van der Waals surface area contributed by atoms with Gasteiger partial charge in [0.25, 0.3) is 0 Å². The lowest BCUT2D eigenvalue weighted by Crippen LogP contribution is -2.41. The summed E-state index contributed by atoms with van der Waals surface area (Å²) in [5, 5.41) is 0. The summed E-state index contributed by atoms with van der Waals surface area (Å²) in [4.78, 5) is 18.9. The van der Waals surface area contributed by atoms with Crippen molar-refractivity contribution in [3.05, 3.63) is 70.9 Å². The Labute approximate surface area is 207 Å². The van der Waals surface area contributed by atoms with Gasteiger partial charge in [0.15, 0.2) is 11.5 Å². The van der Waals surface area contributed by atoms with Crippen LogP contribution in [-0.4, -0.2) is 34.7 Å². The number of ether oxygens (including phenoxy) is 1. The molecule has 35 heavy (non-hydrogen) atoms. The first-order valence-electron chi connectivity index (χ1n) is 12.5. The van der Waals surface area contributed by atoms with Gasteiger partial charge < -0.3 is 14.1 Å². The van der Waals surface area contributed by atoms with E-state index in [1.165, 1.54) is 6.07 Å². The molecule has 1 aliphatic rings. The van der Waals surface area contributed by atoms with E-state index in [0.29, 0.717) is 13.1 Å². The summed E-state index contributed by atoms with van der Waals surface area (Å²) < 4.78 is 25.5. The molecule has 6 heteroatoms. The van der Waals surface area contributed by atoms with Gasteiger partial charge in [-0.2, -0.15) is 0 Å². The summed E-state index contributed by atoms with van der Waals surface area (Å²) in [5.74, 6) is 0.658. The second-order valence-electron chi connectivity index (χ2n) is 10.3. The fraction of sp³-hybridized carbons (Fsp3) is 0.448. The van der Waals surface area contributed by atoms with Crippen molar-refractivity contribution in [3.8, 4) is 0 Å². The Bertz CT molecular complexity index is 1230. The number of likely N-dealkylation sites (tertiary alicyclic amines) is 1. The van der Waals surface area contributed by atoms with Gasteiger partial charge in [0.05, 0.1) is 0 Å². The Morgan fingerprint density at radius 3 is 2.60 bits per heavy atom. The van der Waals surface area contributed by atoms with E-state index in [1.54, 1.807) is 11.0 Å². The zero-order chi connectivity index (χ0) is 25.2. The molecule has 5 nitrogen and oxygen atoms in total. The first-order valence-corrected chi connectivity index (χ1v) is 12.5. The number of allylic oxidation sites excluding steroid dienone is 1. The van der Waals surface area contributed by atoms with Crippen molar-refractivity contribution < 1.29 is 18.3 Å². The molecule has 0 bridgehead atoms. The lowest BCUT2D eigenvalue weighted by molar-refractivity contribution is 0.0199. The molecule has 3 aromatic rings. The van der Waals surface area contributed by atoms with Gasteiger partial charge in [-0.3, -0.25) is 0 Å². The molecule has 0 atom stereocenters. The van der Waals surface area contributed by atoms with Crippen LogP contribution in [0.4, 0.5) is 9.18 Å². The topological polar surface area (TPSA) is 55.6 Å². The van der Waals surface area contributed by atoms with Crippen LogP contribution in [0.15, 0.2) is 46.9 Å². The Morgan fingerprint density at radius 1 is 1.20 bits per heavy atom. The molecule has 0 saturated carbocycles. The highest BCUT2D eigenvalue weighted by atomic mass is 19.1. The summed E-state index contributed by atoms with van der Waals surface area (Å²) in [7, 11) is 0. The maximum absolute atomic E-state index is 13.7. The number of benzene rings is 2. The summed E-state index contributed by atoms with van der Waals surface area (Å²) >= 11 is 0. The van der Waals surface area contributed by atoms with E-state index in [4.69, 9.17) is 14.1 Å². The number of carbonyl (C=O) groups is 1. The molecule has 1 aromatic heterocycles. The fourth-order valence-electron chi connectivity index (χ4n) is 4.52. The molecule has 2 heterocycles. The van der Waals surface area contributed by atoms with E-state index in [1.807, 2.05) is 45.9 Å². The van der Waals surface area contributed by atoms with E-state index in [-0.39, 0.29) is 17.8 Å². The summed E-state index contributed by atoms with van der Waals surface area (Å²) in [5.41, 5.74) is 5.11. The zero-order valence-corrected chi connectivity index (χ0v) is 21.4. The van der Waals surface area contributed by atoms with Crippen molar-refractivity contribution in [3.63, 3.8) is 0 Å². The highest BCUT2D eigenvalue weighted by molar-refractivity contribution is 5.86. The number of fused-ring (bicyclic) bond motifs is 1. The van der Waals surface area contributed by atoms with E-state index in [0.717, 1.165) is 64.9 Å². The number of piperidine rings is 1. The lowest BCUT2D eigenvalue weighted by atomic mass is 9.93. The van der Waals surface area contributed by atoms with Gasteiger partial charge in [0.2, 0.25) is 0 Å². The minimum Gasteiger partial charge on any atom is -0.444 e. The number of halogens is 1. The molecule has 1 aliphatic heterocycles. The fourth-order valence-corrected chi connectivity index (χ4v) is 4.52. The van der Waals surface area contributed by atoms with Crippen LogP contribution >= 0.6 is 0 Å². The maximum atomic E-state index is 13.7. The van der Waals surface area contributed by atoms with Crippen molar-refractivity contribution >= 4 is 22.8 Å². The Morgan fingerprint density at radius 2 is 1.94 bits per heavy atom. The molecule has 0 unspecified atom stereocenters. The third-order valence-corrected chi connectivity index (χ3v) is 6.33. The van der Waals surface area contributed by atoms with E-state index in [2.05, 4.69) is 19.1 Å². The van der Waals surface area contributed by atoms with Gasteiger partial charge in [-0.25, -0.2) is 14.2 Å². The summed E-state index contributed by atoms with van der Waals surface area (Å²) in [6.45, 7) is 11.0. The second-order valence-corrected chi connectivity index (χ2v) is 10.3. The predicted octanol–water partition coefficient (Wildman–Crippen LogP) is 7.62. The molecule has 0 N–H and O–H groups in total. The molecule has 1 saturated heterocycles. The molecular weight excluding hydrogens is 443 g/mol. The van der Waals surface area contributed by atoms with Crippen LogP contribution in [0.1, 0.15) is 81.9 Å². The first-order chi connectivity index (χ1) is 16.6. The molecule has 0 aliphatic carbocycles. The van der Waals surface area contributed by atoms with Crippen molar-refractivity contribution in [1.82, 2.24) is 9.88 Å². The number of rotatable bonds is 5. The molecule has 1 amide bonds. The zero-order valence-electron chi connectivity index (χ0n) is 21.4. The number of unbranched alkanes of at least 4 members (excludes halogenated alkanes) is 1. The normalized spacial score (nSPS) is 15.6. The Hall–Kier alpha value is -3.15. The van der Waals surface area contributed by atoms with Gasteiger partial charge in [0, 0.05) is 19.0 Å². The highest BCUT2D eigenvalue weighted by Gasteiger charge is 2.29. The monoisotopic (exact) mass is 478 g/mol. The number of amides is 1. The number of oxazole rings is 1. The molecule has 2 aromatic carbocycles. The second kappa shape index (κ2) is 10.2. The first kappa shape index (κ1) is 25.0.